The largest absolute Gasteiger partial charge is 0.423 e. The lowest BCUT2D eigenvalue weighted by Gasteiger charge is -2.22. The fraction of sp³-hybridized carbons (Fsp3) is 0.412. The van der Waals surface area contributed by atoms with Gasteiger partial charge in [0.1, 0.15) is 5.58 Å². The molecule has 2 aromatic rings. The number of fused-ring (bicyclic) bond motifs is 1. The number of anilines is 1. The Kier molecular flexibility index (Phi) is 4.13. The molecular weight excluding hydrogens is 280 g/mol. The highest BCUT2D eigenvalue weighted by molar-refractivity contribution is 5.92. The van der Waals surface area contributed by atoms with Crippen LogP contribution in [0.5, 0.6) is 0 Å². The predicted octanol–water partition coefficient (Wildman–Crippen LogP) is 3.56. The number of hydrogen-bond acceptors (Lipinski definition) is 3. The minimum atomic E-state index is -0.381. The van der Waals surface area contributed by atoms with Gasteiger partial charge in [-0.3, -0.25) is 0 Å². The van der Waals surface area contributed by atoms with Gasteiger partial charge in [-0.15, -0.1) is 0 Å². The maximum atomic E-state index is 12.0. The Hall–Kier alpha value is -2.30. The monoisotopic (exact) mass is 300 g/mol. The molecule has 2 amide bonds. The lowest BCUT2D eigenvalue weighted by atomic mass is 9.96. The predicted molar refractivity (Wildman–Crippen MR) is 86.2 cm³/mol. The fourth-order valence-corrected chi connectivity index (χ4v) is 3.00. The zero-order valence-electron chi connectivity index (χ0n) is 12.6. The molecular formula is C17H20N2O3. The average Bonchev–Trinajstić information content (AvgIpc) is 2.47. The van der Waals surface area contributed by atoms with Crippen molar-refractivity contribution >= 4 is 22.7 Å². The Morgan fingerprint density at radius 2 is 1.95 bits per heavy atom. The molecule has 0 spiro atoms. The van der Waals surface area contributed by atoms with E-state index in [9.17, 15) is 9.59 Å². The third-order valence-electron chi connectivity index (χ3n) is 4.15. The SMILES string of the molecule is Cc1cc(=O)oc2cc(NC(=O)NC3CCCCC3)ccc12. The van der Waals surface area contributed by atoms with Crippen LogP contribution in [0.2, 0.25) is 0 Å². The standard InChI is InChI=1S/C17H20N2O3/c1-11-9-16(20)22-15-10-13(7-8-14(11)15)19-17(21)18-12-5-3-2-4-6-12/h7-10,12H,2-6H2,1H3,(H2,18,19,21). The Labute approximate surface area is 128 Å². The smallest absolute Gasteiger partial charge is 0.336 e. The van der Waals surface area contributed by atoms with Crippen molar-refractivity contribution < 1.29 is 9.21 Å². The molecule has 3 rings (SSSR count). The van der Waals surface area contributed by atoms with Crippen LogP contribution in [0.4, 0.5) is 10.5 Å². The minimum Gasteiger partial charge on any atom is -0.423 e. The van der Waals surface area contributed by atoms with E-state index in [2.05, 4.69) is 10.6 Å². The van der Waals surface area contributed by atoms with Gasteiger partial charge in [-0.2, -0.15) is 0 Å². The summed E-state index contributed by atoms with van der Waals surface area (Å²) in [6.45, 7) is 1.86. The van der Waals surface area contributed by atoms with Crippen molar-refractivity contribution in [3.63, 3.8) is 0 Å². The minimum absolute atomic E-state index is 0.207. The molecule has 1 heterocycles. The van der Waals surface area contributed by atoms with Gasteiger partial charge < -0.3 is 15.1 Å². The first-order valence-electron chi connectivity index (χ1n) is 7.74. The topological polar surface area (TPSA) is 71.3 Å². The third-order valence-corrected chi connectivity index (χ3v) is 4.15. The van der Waals surface area contributed by atoms with Crippen LogP contribution in [0.1, 0.15) is 37.7 Å². The van der Waals surface area contributed by atoms with Gasteiger partial charge in [0.2, 0.25) is 0 Å². The molecule has 5 heteroatoms. The highest BCUT2D eigenvalue weighted by Crippen LogP contribution is 2.21. The van der Waals surface area contributed by atoms with E-state index in [1.165, 1.54) is 25.3 Å². The summed E-state index contributed by atoms with van der Waals surface area (Å²) in [7, 11) is 0. The van der Waals surface area contributed by atoms with Crippen molar-refractivity contribution in [2.24, 2.45) is 0 Å². The van der Waals surface area contributed by atoms with Gasteiger partial charge in [-0.05, 0) is 37.5 Å². The summed E-state index contributed by atoms with van der Waals surface area (Å²) < 4.78 is 5.19. The van der Waals surface area contributed by atoms with Gasteiger partial charge in [0.15, 0.2) is 0 Å². The van der Waals surface area contributed by atoms with E-state index in [0.717, 1.165) is 23.8 Å². The van der Waals surface area contributed by atoms with Crippen molar-refractivity contribution in [3.8, 4) is 0 Å². The lowest BCUT2D eigenvalue weighted by Crippen LogP contribution is -2.39. The van der Waals surface area contributed by atoms with Crippen LogP contribution in [-0.2, 0) is 0 Å². The van der Waals surface area contributed by atoms with Crippen LogP contribution >= 0.6 is 0 Å². The molecule has 0 saturated heterocycles. The summed E-state index contributed by atoms with van der Waals surface area (Å²) in [5.74, 6) is 0. The zero-order chi connectivity index (χ0) is 15.5. The van der Waals surface area contributed by atoms with Crippen LogP contribution < -0.4 is 16.3 Å². The Bertz CT molecular complexity index is 745. The number of carbonyl (C=O) groups is 1. The lowest BCUT2D eigenvalue weighted by molar-refractivity contribution is 0.244. The van der Waals surface area contributed by atoms with Gasteiger partial charge in [0, 0.05) is 29.2 Å². The van der Waals surface area contributed by atoms with Gasteiger partial charge in [-0.1, -0.05) is 19.3 Å². The van der Waals surface area contributed by atoms with E-state index in [0.29, 0.717) is 11.3 Å². The molecule has 116 valence electrons. The van der Waals surface area contributed by atoms with Gasteiger partial charge in [-0.25, -0.2) is 9.59 Å². The summed E-state index contributed by atoms with van der Waals surface area (Å²) in [4.78, 5) is 23.5. The molecule has 0 aliphatic heterocycles. The second-order valence-corrected chi connectivity index (χ2v) is 5.89. The number of amides is 2. The molecule has 1 aliphatic carbocycles. The third kappa shape index (κ3) is 3.30. The number of benzene rings is 1. The molecule has 1 saturated carbocycles. The number of rotatable bonds is 2. The van der Waals surface area contributed by atoms with Crippen LogP contribution in [0.25, 0.3) is 11.0 Å². The van der Waals surface area contributed by atoms with Crippen LogP contribution in [0.15, 0.2) is 33.5 Å². The summed E-state index contributed by atoms with van der Waals surface area (Å²) in [5.41, 5.74) is 1.59. The molecule has 22 heavy (non-hydrogen) atoms. The molecule has 0 atom stereocenters. The molecule has 1 aliphatic rings. The molecule has 0 unspecified atom stereocenters. The first-order valence-corrected chi connectivity index (χ1v) is 7.74. The Morgan fingerprint density at radius 1 is 1.18 bits per heavy atom. The molecule has 2 N–H and O–H groups in total. The van der Waals surface area contributed by atoms with Gasteiger partial charge in [0.05, 0.1) is 0 Å². The van der Waals surface area contributed by atoms with E-state index < -0.39 is 0 Å². The summed E-state index contributed by atoms with van der Waals surface area (Å²) in [5, 5.41) is 6.68. The van der Waals surface area contributed by atoms with Crippen molar-refractivity contribution in [3.05, 3.63) is 40.2 Å². The molecule has 1 aromatic heterocycles. The number of urea groups is 1. The van der Waals surface area contributed by atoms with Crippen molar-refractivity contribution in [1.82, 2.24) is 5.32 Å². The van der Waals surface area contributed by atoms with Crippen molar-refractivity contribution in [2.45, 2.75) is 45.1 Å². The van der Waals surface area contributed by atoms with Crippen molar-refractivity contribution in [2.75, 3.05) is 5.32 Å². The van der Waals surface area contributed by atoms with Crippen LogP contribution in [-0.4, -0.2) is 12.1 Å². The average molecular weight is 300 g/mol. The Morgan fingerprint density at radius 3 is 2.73 bits per heavy atom. The summed E-state index contributed by atoms with van der Waals surface area (Å²) >= 11 is 0. The maximum Gasteiger partial charge on any atom is 0.336 e. The number of aryl methyl sites for hydroxylation is 1. The summed E-state index contributed by atoms with van der Waals surface area (Å²) in [6, 6.07) is 6.87. The zero-order valence-corrected chi connectivity index (χ0v) is 12.6. The van der Waals surface area contributed by atoms with Crippen LogP contribution in [0.3, 0.4) is 0 Å². The van der Waals surface area contributed by atoms with Gasteiger partial charge >= 0.3 is 11.7 Å². The van der Waals surface area contributed by atoms with Crippen molar-refractivity contribution in [1.29, 1.82) is 0 Å². The number of nitrogens with one attached hydrogen (secondary N) is 2. The first-order chi connectivity index (χ1) is 10.6. The number of carbonyl (C=O) groups excluding carboxylic acids is 1. The van der Waals surface area contributed by atoms with E-state index in [1.807, 2.05) is 19.1 Å². The normalized spacial score (nSPS) is 15.7. The second-order valence-electron chi connectivity index (χ2n) is 5.89. The van der Waals surface area contributed by atoms with Crippen LogP contribution in [0, 0.1) is 6.92 Å². The summed E-state index contributed by atoms with van der Waals surface area (Å²) in [6.07, 6.45) is 5.68. The second kappa shape index (κ2) is 6.22. The van der Waals surface area contributed by atoms with E-state index in [1.54, 1.807) is 6.07 Å². The first kappa shape index (κ1) is 14.6. The Balaban J connectivity index is 1.73. The fourth-order valence-electron chi connectivity index (χ4n) is 3.00. The maximum absolute atomic E-state index is 12.0. The molecule has 0 bridgehead atoms. The molecule has 1 fully saturated rings. The molecule has 0 radical (unpaired) electrons. The van der Waals surface area contributed by atoms with E-state index in [4.69, 9.17) is 4.42 Å². The quantitative estimate of drug-likeness (QED) is 0.833. The highest BCUT2D eigenvalue weighted by atomic mass is 16.4. The highest BCUT2D eigenvalue weighted by Gasteiger charge is 2.15. The van der Waals surface area contributed by atoms with Gasteiger partial charge in [0.25, 0.3) is 0 Å². The number of hydrogen-bond donors (Lipinski definition) is 2. The van der Waals surface area contributed by atoms with E-state index >= 15 is 0 Å². The molecule has 5 nitrogen and oxygen atoms in total. The van der Waals surface area contributed by atoms with E-state index in [-0.39, 0.29) is 17.7 Å². The molecule has 1 aromatic carbocycles.